The summed E-state index contributed by atoms with van der Waals surface area (Å²) in [5.41, 5.74) is 0.159. The number of aliphatic carboxylic acids is 1. The summed E-state index contributed by atoms with van der Waals surface area (Å²) in [5.74, 6) is -1.07. The number of β-lactam (4-membered cyclic amide) rings is 1. The van der Waals surface area contributed by atoms with Gasteiger partial charge >= 0.3 is 5.97 Å². The van der Waals surface area contributed by atoms with Gasteiger partial charge in [-0.2, -0.15) is 0 Å². The number of carboxylic acid groups (broad SMARTS) is 1. The molecule has 58 valence electrons. The van der Waals surface area contributed by atoms with Gasteiger partial charge in [0.1, 0.15) is 5.70 Å². The van der Waals surface area contributed by atoms with Crippen molar-refractivity contribution in [3.8, 4) is 0 Å². The number of nitrogens with zero attached hydrogens (tertiary/aromatic N) is 1. The van der Waals surface area contributed by atoms with Crippen molar-refractivity contribution in [1.29, 1.82) is 0 Å². The van der Waals surface area contributed by atoms with Crippen LogP contribution in [0.1, 0.15) is 12.8 Å². The smallest absolute Gasteiger partial charge is 0.352 e. The fourth-order valence-corrected chi connectivity index (χ4v) is 1.54. The quantitative estimate of drug-likeness (QED) is 0.538. The molecule has 2 heterocycles. The van der Waals surface area contributed by atoms with Crippen molar-refractivity contribution in [1.82, 2.24) is 4.90 Å². The molecule has 0 radical (unpaired) electrons. The molecule has 1 fully saturated rings. The van der Waals surface area contributed by atoms with E-state index < -0.39 is 5.97 Å². The van der Waals surface area contributed by atoms with Gasteiger partial charge in [-0.15, -0.1) is 0 Å². The maximum Gasteiger partial charge on any atom is 0.352 e. The van der Waals surface area contributed by atoms with Crippen molar-refractivity contribution in [2.75, 3.05) is 0 Å². The predicted molar refractivity (Wildman–Crippen MR) is 35.6 cm³/mol. The van der Waals surface area contributed by atoms with Crippen molar-refractivity contribution >= 4 is 11.9 Å². The number of amides is 1. The number of rotatable bonds is 1. The fraction of sp³-hybridized carbons (Fsp3) is 0.429. The van der Waals surface area contributed by atoms with Crippen LogP contribution in [0, 0.1) is 0 Å². The van der Waals surface area contributed by atoms with Crippen LogP contribution in [-0.4, -0.2) is 27.9 Å². The molecule has 0 aromatic rings. The Hall–Kier alpha value is -1.32. The Morgan fingerprint density at radius 3 is 2.91 bits per heavy atom. The molecule has 0 aromatic heterocycles. The van der Waals surface area contributed by atoms with E-state index in [9.17, 15) is 9.59 Å². The molecule has 2 aliphatic heterocycles. The van der Waals surface area contributed by atoms with Crippen LogP contribution in [0.3, 0.4) is 0 Å². The van der Waals surface area contributed by atoms with Gasteiger partial charge in [0.2, 0.25) is 5.91 Å². The zero-order valence-corrected chi connectivity index (χ0v) is 5.78. The number of hydrogen-bond acceptors (Lipinski definition) is 2. The third-order valence-corrected chi connectivity index (χ3v) is 2.11. The van der Waals surface area contributed by atoms with Gasteiger partial charge in [0, 0.05) is 12.5 Å². The van der Waals surface area contributed by atoms with E-state index in [2.05, 4.69) is 0 Å². The van der Waals surface area contributed by atoms with Crippen LogP contribution in [0.4, 0.5) is 0 Å². The number of carboxylic acids is 1. The highest BCUT2D eigenvalue weighted by Crippen LogP contribution is 2.33. The Labute approximate surface area is 63.1 Å². The van der Waals surface area contributed by atoms with Gasteiger partial charge < -0.3 is 10.0 Å². The van der Waals surface area contributed by atoms with Gasteiger partial charge in [-0.3, -0.25) is 4.79 Å². The third-order valence-electron chi connectivity index (χ3n) is 2.11. The number of carbonyl (C=O) groups is 2. The lowest BCUT2D eigenvalue weighted by atomic mass is 10.0. The molecule has 4 nitrogen and oxygen atoms in total. The average Bonchev–Trinajstić information content (AvgIpc) is 2.25. The van der Waals surface area contributed by atoms with E-state index in [4.69, 9.17) is 5.11 Å². The number of carbonyl (C=O) groups excluding carboxylic acids is 1. The van der Waals surface area contributed by atoms with Gasteiger partial charge in [0.15, 0.2) is 0 Å². The van der Waals surface area contributed by atoms with Crippen LogP contribution >= 0.6 is 0 Å². The van der Waals surface area contributed by atoms with Crippen LogP contribution in [0.2, 0.25) is 0 Å². The SMILES string of the molecule is O=C(O)C1=CCC2CC(=O)N12. The lowest BCUT2D eigenvalue weighted by Gasteiger charge is -2.35. The molecule has 0 aliphatic carbocycles. The molecule has 0 saturated carbocycles. The highest BCUT2D eigenvalue weighted by atomic mass is 16.4. The van der Waals surface area contributed by atoms with E-state index in [1.165, 1.54) is 4.90 Å². The van der Waals surface area contributed by atoms with Gasteiger partial charge in [0.05, 0.1) is 0 Å². The van der Waals surface area contributed by atoms with Gasteiger partial charge in [0.25, 0.3) is 0 Å². The molecular weight excluding hydrogens is 146 g/mol. The molecule has 2 rings (SSSR count). The third kappa shape index (κ3) is 0.691. The Kier molecular flexibility index (Phi) is 1.07. The molecule has 11 heavy (non-hydrogen) atoms. The zero-order chi connectivity index (χ0) is 8.01. The van der Waals surface area contributed by atoms with Crippen LogP contribution in [0.25, 0.3) is 0 Å². The highest BCUT2D eigenvalue weighted by Gasteiger charge is 2.43. The second kappa shape index (κ2) is 1.84. The second-order valence-electron chi connectivity index (χ2n) is 2.75. The van der Waals surface area contributed by atoms with Crippen molar-refractivity contribution in [2.45, 2.75) is 18.9 Å². The van der Waals surface area contributed by atoms with Crippen molar-refractivity contribution < 1.29 is 14.7 Å². The Morgan fingerprint density at radius 1 is 1.73 bits per heavy atom. The van der Waals surface area contributed by atoms with Gasteiger partial charge in [-0.25, -0.2) is 4.79 Å². The maximum atomic E-state index is 10.8. The number of hydrogen-bond donors (Lipinski definition) is 1. The van der Waals surface area contributed by atoms with Crippen molar-refractivity contribution in [3.05, 3.63) is 11.8 Å². The minimum atomic E-state index is -0.999. The topological polar surface area (TPSA) is 57.6 Å². The summed E-state index contributed by atoms with van der Waals surface area (Å²) in [5, 5.41) is 8.59. The van der Waals surface area contributed by atoms with Gasteiger partial charge in [-0.05, 0) is 6.42 Å². The van der Waals surface area contributed by atoms with E-state index in [1.807, 2.05) is 0 Å². The minimum Gasteiger partial charge on any atom is -0.477 e. The summed E-state index contributed by atoms with van der Waals surface area (Å²) in [6.07, 6.45) is 2.82. The van der Waals surface area contributed by atoms with Crippen LogP contribution in [0.5, 0.6) is 0 Å². The summed E-state index contributed by atoms with van der Waals surface area (Å²) in [6.45, 7) is 0. The minimum absolute atomic E-state index is 0.0684. The molecule has 1 saturated heterocycles. The first-order valence-corrected chi connectivity index (χ1v) is 3.45. The van der Waals surface area contributed by atoms with E-state index >= 15 is 0 Å². The van der Waals surface area contributed by atoms with E-state index in [0.29, 0.717) is 12.8 Å². The molecule has 0 aromatic carbocycles. The molecule has 1 unspecified atom stereocenters. The number of fused-ring (bicyclic) bond motifs is 1. The van der Waals surface area contributed by atoms with Gasteiger partial charge in [-0.1, -0.05) is 6.08 Å². The van der Waals surface area contributed by atoms with Crippen LogP contribution in [0.15, 0.2) is 11.8 Å². The first-order valence-electron chi connectivity index (χ1n) is 3.45. The molecule has 1 N–H and O–H groups in total. The lowest BCUT2D eigenvalue weighted by molar-refractivity contribution is -0.147. The molecule has 2 aliphatic rings. The first kappa shape index (κ1) is 6.39. The molecule has 1 atom stereocenters. The Bertz CT molecular complexity index is 269. The Morgan fingerprint density at radius 2 is 2.45 bits per heavy atom. The normalized spacial score (nSPS) is 27.6. The summed E-state index contributed by atoms with van der Waals surface area (Å²) in [6, 6.07) is 0.147. The average molecular weight is 153 g/mol. The summed E-state index contributed by atoms with van der Waals surface area (Å²) in [7, 11) is 0. The van der Waals surface area contributed by atoms with E-state index in [0.717, 1.165) is 0 Å². The monoisotopic (exact) mass is 153 g/mol. The standard InChI is InChI=1S/C7H7NO3/c9-6-3-4-1-2-5(7(10)11)8(4)6/h2,4H,1,3H2,(H,10,11). The summed E-state index contributed by atoms with van der Waals surface area (Å²) < 4.78 is 0. The first-order chi connectivity index (χ1) is 5.20. The lowest BCUT2D eigenvalue weighted by Crippen LogP contribution is -2.49. The molecule has 1 amide bonds. The molecular formula is C7H7NO3. The highest BCUT2D eigenvalue weighted by molar-refractivity contribution is 5.97. The summed E-state index contributed by atoms with van der Waals surface area (Å²) >= 11 is 0. The largest absolute Gasteiger partial charge is 0.477 e. The fourth-order valence-electron chi connectivity index (χ4n) is 1.54. The van der Waals surface area contributed by atoms with Crippen LogP contribution < -0.4 is 0 Å². The summed E-state index contributed by atoms with van der Waals surface area (Å²) in [4.78, 5) is 22.7. The maximum absolute atomic E-state index is 10.8. The second-order valence-corrected chi connectivity index (χ2v) is 2.75. The Balaban J connectivity index is 2.24. The molecule has 4 heteroatoms. The molecule has 0 spiro atoms. The predicted octanol–water partition coefficient (Wildman–Crippen LogP) is -0.0405. The van der Waals surface area contributed by atoms with Crippen LogP contribution in [-0.2, 0) is 9.59 Å². The van der Waals surface area contributed by atoms with Crippen molar-refractivity contribution in [2.24, 2.45) is 0 Å². The molecule has 0 bridgehead atoms. The van der Waals surface area contributed by atoms with E-state index in [-0.39, 0.29) is 17.6 Å². The zero-order valence-electron chi connectivity index (χ0n) is 5.78. The van der Waals surface area contributed by atoms with E-state index in [1.54, 1.807) is 6.08 Å². The van der Waals surface area contributed by atoms with Crippen molar-refractivity contribution in [3.63, 3.8) is 0 Å².